The van der Waals surface area contributed by atoms with Crippen molar-refractivity contribution < 1.29 is 0 Å². The predicted molar refractivity (Wildman–Crippen MR) is 60.8 cm³/mol. The standard InChI is InChI=1S/C12H14N2/c1-8-5-4-6-10-9(2)11(13-3)7-14-12(8)10/h4-7,13H,1-3H3. The van der Waals surface area contributed by atoms with Gasteiger partial charge in [-0.3, -0.25) is 4.98 Å². The third-order valence-corrected chi connectivity index (χ3v) is 2.64. The molecule has 0 spiro atoms. The zero-order valence-corrected chi connectivity index (χ0v) is 8.76. The van der Waals surface area contributed by atoms with Crippen molar-refractivity contribution in [1.82, 2.24) is 4.98 Å². The number of benzene rings is 1. The molecule has 72 valence electrons. The van der Waals surface area contributed by atoms with Gasteiger partial charge in [-0.15, -0.1) is 0 Å². The summed E-state index contributed by atoms with van der Waals surface area (Å²) in [5.41, 5.74) is 4.70. The molecule has 14 heavy (non-hydrogen) atoms. The highest BCUT2D eigenvalue weighted by molar-refractivity contribution is 5.88. The van der Waals surface area contributed by atoms with Gasteiger partial charge in [0, 0.05) is 12.4 Å². The molecule has 0 unspecified atom stereocenters. The third kappa shape index (κ3) is 1.23. The Morgan fingerprint density at radius 1 is 1.21 bits per heavy atom. The molecule has 1 aromatic heterocycles. The number of hydrogen-bond donors (Lipinski definition) is 1. The summed E-state index contributed by atoms with van der Waals surface area (Å²) in [6.07, 6.45) is 1.89. The lowest BCUT2D eigenvalue weighted by molar-refractivity contribution is 1.31. The zero-order valence-electron chi connectivity index (χ0n) is 8.76. The molecule has 2 rings (SSSR count). The summed E-state index contributed by atoms with van der Waals surface area (Å²) in [4.78, 5) is 4.45. The Hall–Kier alpha value is -1.57. The van der Waals surface area contributed by atoms with Gasteiger partial charge in [0.15, 0.2) is 0 Å². The van der Waals surface area contributed by atoms with E-state index in [0.29, 0.717) is 0 Å². The molecule has 0 saturated heterocycles. The van der Waals surface area contributed by atoms with Crippen molar-refractivity contribution in [2.24, 2.45) is 0 Å². The second-order valence-electron chi connectivity index (χ2n) is 3.52. The summed E-state index contributed by atoms with van der Waals surface area (Å²) in [6.45, 7) is 4.21. The number of rotatable bonds is 1. The van der Waals surface area contributed by atoms with Gasteiger partial charge in [0.25, 0.3) is 0 Å². The molecule has 0 bridgehead atoms. The van der Waals surface area contributed by atoms with Gasteiger partial charge in [-0.2, -0.15) is 0 Å². The van der Waals surface area contributed by atoms with E-state index < -0.39 is 0 Å². The van der Waals surface area contributed by atoms with Crippen LogP contribution >= 0.6 is 0 Å². The minimum atomic E-state index is 1.10. The molecule has 2 aromatic rings. The van der Waals surface area contributed by atoms with Crippen LogP contribution < -0.4 is 5.32 Å². The summed E-state index contributed by atoms with van der Waals surface area (Å²) in [7, 11) is 1.92. The first-order valence-corrected chi connectivity index (χ1v) is 4.76. The van der Waals surface area contributed by atoms with Gasteiger partial charge in [0.05, 0.1) is 17.4 Å². The third-order valence-electron chi connectivity index (χ3n) is 2.64. The number of aromatic nitrogens is 1. The van der Waals surface area contributed by atoms with Gasteiger partial charge in [-0.25, -0.2) is 0 Å². The van der Waals surface area contributed by atoms with Gasteiger partial charge in [0.2, 0.25) is 0 Å². The van der Waals surface area contributed by atoms with Crippen LogP contribution in [0, 0.1) is 13.8 Å². The maximum atomic E-state index is 4.45. The molecule has 1 heterocycles. The van der Waals surface area contributed by atoms with Gasteiger partial charge < -0.3 is 5.32 Å². The van der Waals surface area contributed by atoms with Gasteiger partial charge in [-0.1, -0.05) is 18.2 Å². The molecule has 0 aliphatic heterocycles. The first kappa shape index (κ1) is 9.00. The predicted octanol–water partition coefficient (Wildman–Crippen LogP) is 2.89. The van der Waals surface area contributed by atoms with E-state index in [1.54, 1.807) is 0 Å². The minimum Gasteiger partial charge on any atom is -0.387 e. The fourth-order valence-electron chi connectivity index (χ4n) is 1.76. The van der Waals surface area contributed by atoms with Crippen LogP contribution in [0.25, 0.3) is 10.9 Å². The average Bonchev–Trinajstić information content (AvgIpc) is 2.20. The van der Waals surface area contributed by atoms with E-state index in [4.69, 9.17) is 0 Å². The van der Waals surface area contributed by atoms with Crippen LogP contribution in [0.15, 0.2) is 24.4 Å². The van der Waals surface area contributed by atoms with Gasteiger partial charge >= 0.3 is 0 Å². The van der Waals surface area contributed by atoms with E-state index in [-0.39, 0.29) is 0 Å². The van der Waals surface area contributed by atoms with Gasteiger partial charge in [-0.05, 0) is 25.0 Å². The normalized spacial score (nSPS) is 10.5. The highest BCUT2D eigenvalue weighted by Gasteiger charge is 2.04. The molecular formula is C12H14N2. The highest BCUT2D eigenvalue weighted by Crippen LogP contribution is 2.24. The summed E-state index contributed by atoms with van der Waals surface area (Å²) < 4.78 is 0. The molecule has 0 amide bonds. The number of fused-ring (bicyclic) bond motifs is 1. The van der Waals surface area contributed by atoms with E-state index in [1.807, 2.05) is 13.2 Å². The molecule has 0 saturated carbocycles. The van der Waals surface area contributed by atoms with E-state index in [9.17, 15) is 0 Å². The Morgan fingerprint density at radius 2 is 2.00 bits per heavy atom. The Kier molecular flexibility index (Phi) is 2.12. The molecule has 2 heteroatoms. The molecule has 1 N–H and O–H groups in total. The molecule has 0 radical (unpaired) electrons. The van der Waals surface area contributed by atoms with Crippen molar-refractivity contribution >= 4 is 16.6 Å². The van der Waals surface area contributed by atoms with Crippen molar-refractivity contribution in [1.29, 1.82) is 0 Å². The van der Waals surface area contributed by atoms with Crippen molar-refractivity contribution in [3.8, 4) is 0 Å². The van der Waals surface area contributed by atoms with Gasteiger partial charge in [0.1, 0.15) is 0 Å². The smallest absolute Gasteiger partial charge is 0.0735 e. The Morgan fingerprint density at radius 3 is 2.71 bits per heavy atom. The number of hydrogen-bond acceptors (Lipinski definition) is 2. The Labute approximate surface area is 84.0 Å². The molecular weight excluding hydrogens is 172 g/mol. The SMILES string of the molecule is CNc1cnc2c(C)cccc2c1C. The fourth-order valence-corrected chi connectivity index (χ4v) is 1.76. The van der Waals surface area contributed by atoms with E-state index in [0.717, 1.165) is 11.2 Å². The maximum absolute atomic E-state index is 4.45. The molecule has 0 fully saturated rings. The molecule has 2 nitrogen and oxygen atoms in total. The Bertz CT molecular complexity index is 475. The summed E-state index contributed by atoms with van der Waals surface area (Å²) >= 11 is 0. The number of nitrogens with zero attached hydrogens (tertiary/aromatic N) is 1. The van der Waals surface area contributed by atoms with E-state index in [1.165, 1.54) is 16.5 Å². The summed E-state index contributed by atoms with van der Waals surface area (Å²) in [6, 6.07) is 6.28. The van der Waals surface area contributed by atoms with Crippen LogP contribution in [0.2, 0.25) is 0 Å². The first-order valence-electron chi connectivity index (χ1n) is 4.76. The fraction of sp³-hybridized carbons (Fsp3) is 0.250. The lowest BCUT2D eigenvalue weighted by Gasteiger charge is -2.09. The topological polar surface area (TPSA) is 24.9 Å². The van der Waals surface area contributed by atoms with Crippen molar-refractivity contribution in [2.45, 2.75) is 13.8 Å². The van der Waals surface area contributed by atoms with Crippen molar-refractivity contribution in [3.05, 3.63) is 35.5 Å². The zero-order chi connectivity index (χ0) is 10.1. The number of nitrogens with one attached hydrogen (secondary N) is 1. The van der Waals surface area contributed by atoms with Crippen LogP contribution in [-0.2, 0) is 0 Å². The largest absolute Gasteiger partial charge is 0.387 e. The second kappa shape index (κ2) is 3.29. The van der Waals surface area contributed by atoms with Crippen LogP contribution in [0.3, 0.4) is 0 Å². The maximum Gasteiger partial charge on any atom is 0.0735 e. The lowest BCUT2D eigenvalue weighted by Crippen LogP contribution is -1.95. The molecule has 1 aromatic carbocycles. The number of pyridine rings is 1. The highest BCUT2D eigenvalue weighted by atomic mass is 14.8. The number of para-hydroxylation sites is 1. The summed E-state index contributed by atoms with van der Waals surface area (Å²) in [5, 5.41) is 4.38. The average molecular weight is 186 g/mol. The first-order chi connectivity index (χ1) is 6.74. The van der Waals surface area contributed by atoms with E-state index in [2.05, 4.69) is 42.3 Å². The summed E-state index contributed by atoms with van der Waals surface area (Å²) in [5.74, 6) is 0. The monoisotopic (exact) mass is 186 g/mol. The second-order valence-corrected chi connectivity index (χ2v) is 3.52. The number of anilines is 1. The lowest BCUT2D eigenvalue weighted by atomic mass is 10.1. The molecule has 0 aliphatic rings. The Balaban J connectivity index is 2.84. The van der Waals surface area contributed by atoms with Crippen LogP contribution in [-0.4, -0.2) is 12.0 Å². The van der Waals surface area contributed by atoms with Crippen LogP contribution in [0.1, 0.15) is 11.1 Å². The van der Waals surface area contributed by atoms with Crippen molar-refractivity contribution in [3.63, 3.8) is 0 Å². The van der Waals surface area contributed by atoms with Crippen LogP contribution in [0.4, 0.5) is 5.69 Å². The molecule has 0 atom stereocenters. The van der Waals surface area contributed by atoms with Crippen molar-refractivity contribution in [2.75, 3.05) is 12.4 Å². The van der Waals surface area contributed by atoms with Crippen LogP contribution in [0.5, 0.6) is 0 Å². The molecule has 0 aliphatic carbocycles. The van der Waals surface area contributed by atoms with E-state index >= 15 is 0 Å². The quantitative estimate of drug-likeness (QED) is 0.740. The minimum absolute atomic E-state index is 1.10. The number of aryl methyl sites for hydroxylation is 2.